The molecule has 1 heteroatoms. The van der Waals surface area contributed by atoms with Crippen LogP contribution in [-0.2, 0) is 0 Å². The second-order valence-electron chi connectivity index (χ2n) is 2.99. The van der Waals surface area contributed by atoms with Gasteiger partial charge in [0.15, 0.2) is 0 Å². The van der Waals surface area contributed by atoms with Crippen LogP contribution in [0.25, 0.3) is 0 Å². The number of hydrogen-bond acceptors (Lipinski definition) is 1. The van der Waals surface area contributed by atoms with Crippen LogP contribution in [0.2, 0.25) is 0 Å². The van der Waals surface area contributed by atoms with Gasteiger partial charge in [0.25, 0.3) is 0 Å². The van der Waals surface area contributed by atoms with E-state index in [1.165, 1.54) is 6.42 Å². The first kappa shape index (κ1) is 7.07. The summed E-state index contributed by atoms with van der Waals surface area (Å²) in [5.41, 5.74) is 0. The molecule has 0 bridgehead atoms. The summed E-state index contributed by atoms with van der Waals surface area (Å²) in [5, 5.41) is 0. The third-order valence-electron chi connectivity index (χ3n) is 2.44. The zero-order valence-electron chi connectivity index (χ0n) is 6.59. The zero-order valence-corrected chi connectivity index (χ0v) is 6.59. The van der Waals surface area contributed by atoms with E-state index in [0.29, 0.717) is 6.04 Å². The van der Waals surface area contributed by atoms with E-state index in [4.69, 9.17) is 0 Å². The normalized spacial score (nSPS) is 44.7. The van der Waals surface area contributed by atoms with Gasteiger partial charge in [0, 0.05) is 18.1 Å². The molecule has 3 unspecified atom stereocenters. The fraction of sp³-hybridized carbons (Fsp3) is 0.875. The molecule has 9 heavy (non-hydrogen) atoms. The van der Waals surface area contributed by atoms with Crippen molar-refractivity contribution in [3.05, 3.63) is 6.92 Å². The van der Waals surface area contributed by atoms with Gasteiger partial charge in [-0.25, -0.2) is 0 Å². The Kier molecular flexibility index (Phi) is 1.80. The average Bonchev–Trinajstić information content (AvgIpc) is 2.40. The summed E-state index contributed by atoms with van der Waals surface area (Å²) in [6, 6.07) is 2.12. The van der Waals surface area contributed by atoms with Crippen LogP contribution < -0.4 is 0 Å². The van der Waals surface area contributed by atoms with Crippen molar-refractivity contribution in [3.63, 3.8) is 0 Å². The Balaban J connectivity index is 2.31. The summed E-state index contributed by atoms with van der Waals surface area (Å²) in [4.78, 5) is 2.44. The van der Waals surface area contributed by atoms with Crippen LogP contribution in [0, 0.1) is 6.92 Å². The molecule has 0 amide bonds. The maximum Gasteiger partial charge on any atom is 0.0227 e. The molecule has 0 spiro atoms. The summed E-state index contributed by atoms with van der Waals surface area (Å²) < 4.78 is 0. The Morgan fingerprint density at radius 2 is 1.89 bits per heavy atom. The summed E-state index contributed by atoms with van der Waals surface area (Å²) in [5.74, 6) is 0. The van der Waals surface area contributed by atoms with E-state index < -0.39 is 0 Å². The molecule has 0 saturated carbocycles. The lowest BCUT2D eigenvalue weighted by Crippen LogP contribution is -2.15. The molecule has 1 aliphatic rings. The molecular formula is C8H16N. The molecular weight excluding hydrogens is 110 g/mol. The standard InChI is InChI=1S/C8H16N/c1-5-6(2)9-7(3)8(9)4/h6-8H,2,5H2,1,3-4H3. The Bertz CT molecular complexity index is 92.7. The highest BCUT2D eigenvalue weighted by molar-refractivity contribution is 5.00. The van der Waals surface area contributed by atoms with Crippen LogP contribution in [-0.4, -0.2) is 23.0 Å². The number of hydrogen-bond donors (Lipinski definition) is 0. The molecule has 1 fully saturated rings. The molecule has 1 rings (SSSR count). The topological polar surface area (TPSA) is 3.01 Å². The van der Waals surface area contributed by atoms with E-state index in [9.17, 15) is 0 Å². The quantitative estimate of drug-likeness (QED) is 0.509. The molecule has 1 radical (unpaired) electrons. The molecule has 1 heterocycles. The Labute approximate surface area is 58.0 Å². The molecule has 0 aliphatic carbocycles. The van der Waals surface area contributed by atoms with Gasteiger partial charge >= 0.3 is 0 Å². The van der Waals surface area contributed by atoms with Gasteiger partial charge in [0.2, 0.25) is 0 Å². The minimum absolute atomic E-state index is 0.551. The molecule has 1 nitrogen and oxygen atoms in total. The Morgan fingerprint density at radius 3 is 2.00 bits per heavy atom. The summed E-state index contributed by atoms with van der Waals surface area (Å²) in [6.45, 7) is 10.8. The fourth-order valence-electron chi connectivity index (χ4n) is 1.41. The largest absolute Gasteiger partial charge is 0.292 e. The predicted octanol–water partition coefficient (Wildman–Crippen LogP) is 1.69. The maximum atomic E-state index is 4.05. The van der Waals surface area contributed by atoms with Gasteiger partial charge in [-0.3, -0.25) is 4.90 Å². The van der Waals surface area contributed by atoms with Crippen molar-refractivity contribution in [3.8, 4) is 0 Å². The Hall–Kier alpha value is -0.0400. The van der Waals surface area contributed by atoms with Gasteiger partial charge in [-0.15, -0.1) is 0 Å². The van der Waals surface area contributed by atoms with Gasteiger partial charge < -0.3 is 0 Å². The van der Waals surface area contributed by atoms with E-state index in [0.717, 1.165) is 12.1 Å². The monoisotopic (exact) mass is 126 g/mol. The van der Waals surface area contributed by atoms with E-state index >= 15 is 0 Å². The third-order valence-corrected chi connectivity index (χ3v) is 2.44. The predicted molar refractivity (Wildman–Crippen MR) is 40.2 cm³/mol. The van der Waals surface area contributed by atoms with Crippen LogP contribution in [0.5, 0.6) is 0 Å². The van der Waals surface area contributed by atoms with Gasteiger partial charge in [0.05, 0.1) is 0 Å². The van der Waals surface area contributed by atoms with Crippen LogP contribution in [0.4, 0.5) is 0 Å². The van der Waals surface area contributed by atoms with Crippen LogP contribution in [0.1, 0.15) is 27.2 Å². The number of nitrogens with zero attached hydrogens (tertiary/aromatic N) is 1. The van der Waals surface area contributed by atoms with Crippen LogP contribution >= 0.6 is 0 Å². The highest BCUT2D eigenvalue weighted by Crippen LogP contribution is 2.30. The minimum atomic E-state index is 0.551. The van der Waals surface area contributed by atoms with Crippen molar-refractivity contribution in [2.75, 3.05) is 0 Å². The second kappa shape index (κ2) is 2.30. The molecule has 53 valence electrons. The van der Waals surface area contributed by atoms with Gasteiger partial charge in [0.1, 0.15) is 0 Å². The van der Waals surface area contributed by atoms with Crippen molar-refractivity contribution in [2.45, 2.75) is 45.3 Å². The van der Waals surface area contributed by atoms with E-state index in [-0.39, 0.29) is 0 Å². The average molecular weight is 126 g/mol. The first-order valence-electron chi connectivity index (χ1n) is 3.79. The molecule has 0 aromatic rings. The van der Waals surface area contributed by atoms with Gasteiger partial charge in [-0.1, -0.05) is 6.92 Å². The maximum absolute atomic E-state index is 4.05. The Morgan fingerprint density at radius 1 is 1.44 bits per heavy atom. The number of rotatable bonds is 2. The lowest BCUT2D eigenvalue weighted by Gasteiger charge is -2.09. The van der Waals surface area contributed by atoms with Crippen LogP contribution in [0.3, 0.4) is 0 Å². The molecule has 0 aromatic heterocycles. The first-order chi connectivity index (χ1) is 4.18. The SMILES string of the molecule is [CH2]C(CC)N1C(C)C1C. The summed E-state index contributed by atoms with van der Waals surface area (Å²) in [7, 11) is 0. The van der Waals surface area contributed by atoms with E-state index in [1.54, 1.807) is 0 Å². The fourth-order valence-corrected chi connectivity index (χ4v) is 1.41. The lowest BCUT2D eigenvalue weighted by atomic mass is 10.3. The third kappa shape index (κ3) is 1.11. The highest BCUT2D eigenvalue weighted by Gasteiger charge is 2.41. The van der Waals surface area contributed by atoms with Crippen molar-refractivity contribution < 1.29 is 0 Å². The minimum Gasteiger partial charge on any atom is -0.292 e. The van der Waals surface area contributed by atoms with Gasteiger partial charge in [-0.05, 0) is 27.2 Å². The smallest absolute Gasteiger partial charge is 0.0227 e. The van der Waals surface area contributed by atoms with Gasteiger partial charge in [-0.2, -0.15) is 0 Å². The van der Waals surface area contributed by atoms with Crippen LogP contribution in [0.15, 0.2) is 0 Å². The van der Waals surface area contributed by atoms with Crippen molar-refractivity contribution in [2.24, 2.45) is 0 Å². The molecule has 0 aromatic carbocycles. The zero-order chi connectivity index (χ0) is 7.02. The first-order valence-corrected chi connectivity index (χ1v) is 3.79. The highest BCUT2D eigenvalue weighted by atomic mass is 15.4. The van der Waals surface area contributed by atoms with E-state index in [1.807, 2.05) is 0 Å². The summed E-state index contributed by atoms with van der Waals surface area (Å²) in [6.07, 6.45) is 1.18. The van der Waals surface area contributed by atoms with Crippen molar-refractivity contribution in [1.82, 2.24) is 4.90 Å². The van der Waals surface area contributed by atoms with Crippen molar-refractivity contribution in [1.29, 1.82) is 0 Å². The second-order valence-corrected chi connectivity index (χ2v) is 2.99. The summed E-state index contributed by atoms with van der Waals surface area (Å²) >= 11 is 0. The van der Waals surface area contributed by atoms with E-state index in [2.05, 4.69) is 32.6 Å². The lowest BCUT2D eigenvalue weighted by molar-refractivity contribution is 0.404. The molecule has 3 atom stereocenters. The molecule has 1 saturated heterocycles. The molecule has 1 aliphatic heterocycles. The molecule has 0 N–H and O–H groups in total. The van der Waals surface area contributed by atoms with Crippen molar-refractivity contribution >= 4 is 0 Å².